The molecule has 0 saturated heterocycles. The minimum absolute atomic E-state index is 0.00322. The molecule has 1 aliphatic rings. The van der Waals surface area contributed by atoms with E-state index < -0.39 is 23.8 Å². The Bertz CT molecular complexity index is 789. The van der Waals surface area contributed by atoms with Crippen LogP contribution in [0.2, 0.25) is 0 Å². The quantitative estimate of drug-likeness (QED) is 0.784. The van der Waals surface area contributed by atoms with Gasteiger partial charge in [-0.2, -0.15) is 0 Å². The van der Waals surface area contributed by atoms with Crippen LogP contribution in [0.15, 0.2) is 54.6 Å². The molecule has 3 rings (SSSR count). The van der Waals surface area contributed by atoms with E-state index in [1.165, 1.54) is 0 Å². The Morgan fingerprint density at radius 1 is 1.08 bits per heavy atom. The number of anilines is 1. The Kier molecular flexibility index (Phi) is 4.29. The summed E-state index contributed by atoms with van der Waals surface area (Å²) >= 11 is 0. The Balaban J connectivity index is 1.77. The number of nitrogens with one attached hydrogen (secondary N) is 2. The molecule has 2 atom stereocenters. The van der Waals surface area contributed by atoms with Crippen LogP contribution in [-0.2, 0) is 9.59 Å². The zero-order chi connectivity index (χ0) is 17.1. The molecule has 6 heteroatoms. The van der Waals surface area contributed by atoms with E-state index in [-0.39, 0.29) is 12.3 Å². The third-order valence-electron chi connectivity index (χ3n) is 4.02. The lowest BCUT2D eigenvalue weighted by Gasteiger charge is -2.17. The number of fused-ring (bicyclic) bond motifs is 1. The molecule has 0 bridgehead atoms. The maximum Gasteiger partial charge on any atom is 0.326 e. The zero-order valence-corrected chi connectivity index (χ0v) is 12.7. The molecule has 3 N–H and O–H groups in total. The number of carbonyl (C=O) groups is 3. The fraction of sp³-hybridized carbons (Fsp3) is 0.167. The highest BCUT2D eigenvalue weighted by Gasteiger charge is 2.35. The van der Waals surface area contributed by atoms with Crippen molar-refractivity contribution in [3.63, 3.8) is 0 Å². The average molecular weight is 324 g/mol. The average Bonchev–Trinajstić information content (AvgIpc) is 2.90. The van der Waals surface area contributed by atoms with Gasteiger partial charge >= 0.3 is 5.97 Å². The van der Waals surface area contributed by atoms with Crippen molar-refractivity contribution in [3.05, 3.63) is 65.7 Å². The molecule has 1 heterocycles. The third kappa shape index (κ3) is 3.12. The lowest BCUT2D eigenvalue weighted by molar-refractivity contribution is -0.139. The smallest absolute Gasteiger partial charge is 0.326 e. The van der Waals surface area contributed by atoms with E-state index in [4.69, 9.17) is 0 Å². The molecule has 0 aromatic heterocycles. The van der Waals surface area contributed by atoms with E-state index in [9.17, 15) is 19.5 Å². The highest BCUT2D eigenvalue weighted by atomic mass is 16.4. The number of rotatable bonds is 5. The second-order valence-corrected chi connectivity index (χ2v) is 5.60. The van der Waals surface area contributed by atoms with Gasteiger partial charge in [-0.1, -0.05) is 36.4 Å². The standard InChI is InChI=1S/C18H16N2O4/c21-16(11-6-2-1-3-7-11)20-15(18(23)24)10-13-12-8-4-5-9-14(12)19-17(13)22/h1-9,13,15H,10H2,(H,19,22)(H,20,21)(H,23,24)/t13?,15-/m0/s1. The number of hydrogen-bond acceptors (Lipinski definition) is 3. The molecule has 2 amide bonds. The number of benzene rings is 2. The summed E-state index contributed by atoms with van der Waals surface area (Å²) in [6, 6.07) is 14.4. The van der Waals surface area contributed by atoms with Gasteiger partial charge < -0.3 is 15.7 Å². The van der Waals surface area contributed by atoms with Crippen LogP contribution < -0.4 is 10.6 Å². The molecule has 1 aliphatic heterocycles. The van der Waals surface area contributed by atoms with E-state index in [2.05, 4.69) is 10.6 Å². The van der Waals surface area contributed by atoms with Gasteiger partial charge in [-0.3, -0.25) is 9.59 Å². The van der Waals surface area contributed by atoms with Crippen LogP contribution in [0.3, 0.4) is 0 Å². The van der Waals surface area contributed by atoms with Crippen LogP contribution in [0.4, 0.5) is 5.69 Å². The Morgan fingerprint density at radius 2 is 1.75 bits per heavy atom. The van der Waals surface area contributed by atoms with Gasteiger partial charge in [0.2, 0.25) is 5.91 Å². The van der Waals surface area contributed by atoms with Crippen molar-refractivity contribution < 1.29 is 19.5 Å². The van der Waals surface area contributed by atoms with E-state index in [0.717, 1.165) is 5.56 Å². The van der Waals surface area contributed by atoms with Gasteiger partial charge in [0, 0.05) is 11.3 Å². The molecule has 1 unspecified atom stereocenters. The van der Waals surface area contributed by atoms with Crippen molar-refractivity contribution in [1.29, 1.82) is 0 Å². The van der Waals surface area contributed by atoms with Crippen molar-refractivity contribution in [2.75, 3.05) is 5.32 Å². The van der Waals surface area contributed by atoms with Crippen LogP contribution in [-0.4, -0.2) is 28.9 Å². The molecule has 24 heavy (non-hydrogen) atoms. The molecule has 0 radical (unpaired) electrons. The van der Waals surface area contributed by atoms with Crippen molar-refractivity contribution in [2.24, 2.45) is 0 Å². The summed E-state index contributed by atoms with van der Waals surface area (Å²) in [4.78, 5) is 35.8. The minimum Gasteiger partial charge on any atom is -0.480 e. The van der Waals surface area contributed by atoms with E-state index in [0.29, 0.717) is 11.3 Å². The van der Waals surface area contributed by atoms with Gasteiger partial charge in [-0.25, -0.2) is 4.79 Å². The third-order valence-corrected chi connectivity index (χ3v) is 4.02. The summed E-state index contributed by atoms with van der Waals surface area (Å²) in [6.07, 6.45) is -0.00322. The SMILES string of the molecule is O=C(N[C@@H](CC1C(=O)Nc2ccccc21)C(=O)O)c1ccccc1. The lowest BCUT2D eigenvalue weighted by atomic mass is 9.93. The number of para-hydroxylation sites is 1. The van der Waals surface area contributed by atoms with Crippen molar-refractivity contribution in [1.82, 2.24) is 5.32 Å². The largest absolute Gasteiger partial charge is 0.480 e. The number of carboxylic acids is 1. The second-order valence-electron chi connectivity index (χ2n) is 5.60. The first-order valence-corrected chi connectivity index (χ1v) is 7.55. The first-order valence-electron chi connectivity index (χ1n) is 7.55. The predicted octanol–water partition coefficient (Wildman–Crippen LogP) is 2.00. The Hall–Kier alpha value is -3.15. The van der Waals surface area contributed by atoms with Crippen LogP contribution in [0.5, 0.6) is 0 Å². The normalized spacial score (nSPS) is 16.8. The van der Waals surface area contributed by atoms with Crippen molar-refractivity contribution >= 4 is 23.5 Å². The molecule has 122 valence electrons. The number of hydrogen-bond donors (Lipinski definition) is 3. The van der Waals surface area contributed by atoms with E-state index in [1.807, 2.05) is 0 Å². The maximum atomic E-state index is 12.2. The molecule has 2 aromatic carbocycles. The molecule has 0 spiro atoms. The molecular formula is C18H16N2O4. The summed E-state index contributed by atoms with van der Waals surface area (Å²) in [5.74, 6) is -2.50. The predicted molar refractivity (Wildman–Crippen MR) is 87.8 cm³/mol. The summed E-state index contributed by atoms with van der Waals surface area (Å²) in [7, 11) is 0. The first-order chi connectivity index (χ1) is 11.6. The highest BCUT2D eigenvalue weighted by Crippen LogP contribution is 2.35. The zero-order valence-electron chi connectivity index (χ0n) is 12.7. The van der Waals surface area contributed by atoms with Crippen LogP contribution in [0.25, 0.3) is 0 Å². The summed E-state index contributed by atoms with van der Waals surface area (Å²) in [6.45, 7) is 0. The Morgan fingerprint density at radius 3 is 2.46 bits per heavy atom. The van der Waals surface area contributed by atoms with Gasteiger partial charge in [0.25, 0.3) is 5.91 Å². The molecule has 0 aliphatic carbocycles. The second kappa shape index (κ2) is 6.54. The van der Waals surface area contributed by atoms with Gasteiger partial charge in [0.05, 0.1) is 5.92 Å². The first kappa shape index (κ1) is 15.7. The van der Waals surface area contributed by atoms with Crippen LogP contribution in [0, 0.1) is 0 Å². The van der Waals surface area contributed by atoms with Gasteiger partial charge in [0.15, 0.2) is 0 Å². The summed E-state index contributed by atoms with van der Waals surface area (Å²) in [5.41, 5.74) is 1.81. The molecule has 6 nitrogen and oxygen atoms in total. The molecule has 0 fully saturated rings. The molecule has 0 saturated carbocycles. The van der Waals surface area contributed by atoms with Gasteiger partial charge in [-0.15, -0.1) is 0 Å². The number of carbonyl (C=O) groups excluding carboxylic acids is 2. The van der Waals surface area contributed by atoms with E-state index >= 15 is 0 Å². The lowest BCUT2D eigenvalue weighted by Crippen LogP contribution is -2.42. The molecular weight excluding hydrogens is 308 g/mol. The van der Waals surface area contributed by atoms with Gasteiger partial charge in [0.1, 0.15) is 6.04 Å². The number of aliphatic carboxylic acids is 1. The van der Waals surface area contributed by atoms with E-state index in [1.54, 1.807) is 54.6 Å². The number of amides is 2. The minimum atomic E-state index is -1.17. The van der Waals surface area contributed by atoms with Gasteiger partial charge in [-0.05, 0) is 30.2 Å². The fourth-order valence-corrected chi connectivity index (χ4v) is 2.80. The number of carboxylic acid groups (broad SMARTS) is 1. The summed E-state index contributed by atoms with van der Waals surface area (Å²) < 4.78 is 0. The van der Waals surface area contributed by atoms with Crippen LogP contribution in [0.1, 0.15) is 28.3 Å². The molecule has 2 aromatic rings. The topological polar surface area (TPSA) is 95.5 Å². The highest BCUT2D eigenvalue weighted by molar-refractivity contribution is 6.03. The Labute approximate surface area is 138 Å². The van der Waals surface area contributed by atoms with Crippen LogP contribution >= 0.6 is 0 Å². The monoisotopic (exact) mass is 324 g/mol. The van der Waals surface area contributed by atoms with Crippen molar-refractivity contribution in [3.8, 4) is 0 Å². The maximum absolute atomic E-state index is 12.2. The summed E-state index contributed by atoms with van der Waals surface area (Å²) in [5, 5.41) is 14.6. The van der Waals surface area contributed by atoms with Crippen molar-refractivity contribution in [2.45, 2.75) is 18.4 Å². The fourth-order valence-electron chi connectivity index (χ4n) is 2.80.